The lowest BCUT2D eigenvalue weighted by Crippen LogP contribution is -2.48. The van der Waals surface area contributed by atoms with E-state index in [-0.39, 0.29) is 18.6 Å². The van der Waals surface area contributed by atoms with Crippen LogP contribution in [0.25, 0.3) is 0 Å². The second kappa shape index (κ2) is 8.33. The van der Waals surface area contributed by atoms with Gasteiger partial charge in [-0.1, -0.05) is 60.7 Å². The van der Waals surface area contributed by atoms with Crippen LogP contribution in [0.3, 0.4) is 0 Å². The first-order valence-electron chi connectivity index (χ1n) is 8.52. The molecule has 25 heavy (non-hydrogen) atoms. The molecule has 5 heteroatoms. The summed E-state index contributed by atoms with van der Waals surface area (Å²) in [4.78, 5) is 24.5. The van der Waals surface area contributed by atoms with E-state index in [9.17, 15) is 9.59 Å². The topological polar surface area (TPSA) is 67.4 Å². The van der Waals surface area contributed by atoms with Gasteiger partial charge >= 0.3 is 6.09 Å². The molecule has 0 aliphatic heterocycles. The number of amides is 2. The predicted molar refractivity (Wildman–Crippen MR) is 94.9 cm³/mol. The molecule has 130 valence electrons. The normalized spacial score (nSPS) is 14.4. The van der Waals surface area contributed by atoms with Crippen molar-refractivity contribution in [1.82, 2.24) is 10.6 Å². The third-order valence-electron chi connectivity index (χ3n) is 4.03. The molecule has 0 heterocycles. The maximum atomic E-state index is 12.4. The van der Waals surface area contributed by atoms with Crippen molar-refractivity contribution in [3.8, 4) is 0 Å². The Morgan fingerprint density at radius 3 is 2.16 bits per heavy atom. The van der Waals surface area contributed by atoms with E-state index in [0.717, 1.165) is 24.0 Å². The molecule has 2 aromatic rings. The number of carbonyl (C=O) groups is 2. The van der Waals surface area contributed by atoms with E-state index in [4.69, 9.17) is 4.74 Å². The summed E-state index contributed by atoms with van der Waals surface area (Å²) in [6.45, 7) is 0.176. The second-order valence-electron chi connectivity index (χ2n) is 6.23. The third kappa shape index (κ3) is 5.64. The molecule has 1 aliphatic rings. The molecule has 2 amide bonds. The molecule has 2 N–H and O–H groups in total. The number of rotatable bonds is 7. The Balaban J connectivity index is 1.57. The van der Waals surface area contributed by atoms with Gasteiger partial charge in [0.1, 0.15) is 12.6 Å². The Labute approximate surface area is 147 Å². The zero-order valence-corrected chi connectivity index (χ0v) is 14.0. The van der Waals surface area contributed by atoms with Crippen LogP contribution in [0.1, 0.15) is 24.0 Å². The van der Waals surface area contributed by atoms with Gasteiger partial charge in [0.2, 0.25) is 5.91 Å². The summed E-state index contributed by atoms with van der Waals surface area (Å²) in [5.41, 5.74) is 1.89. The van der Waals surface area contributed by atoms with Crippen LogP contribution in [0.15, 0.2) is 60.7 Å². The Hall–Kier alpha value is -2.82. The van der Waals surface area contributed by atoms with E-state index in [2.05, 4.69) is 10.6 Å². The van der Waals surface area contributed by atoms with Crippen molar-refractivity contribution in [2.75, 3.05) is 0 Å². The first-order valence-corrected chi connectivity index (χ1v) is 8.52. The number of nitrogens with one attached hydrogen (secondary N) is 2. The first kappa shape index (κ1) is 17.0. The highest BCUT2D eigenvalue weighted by atomic mass is 16.5. The highest BCUT2D eigenvalue weighted by Gasteiger charge is 2.28. The van der Waals surface area contributed by atoms with Gasteiger partial charge in [0, 0.05) is 12.5 Å². The first-order chi connectivity index (χ1) is 12.2. The number of ether oxygens (including phenoxy) is 1. The summed E-state index contributed by atoms with van der Waals surface area (Å²) in [6, 6.07) is 18.7. The molecule has 0 saturated heterocycles. The minimum Gasteiger partial charge on any atom is -0.445 e. The molecule has 0 spiro atoms. The van der Waals surface area contributed by atoms with E-state index in [1.807, 2.05) is 60.7 Å². The van der Waals surface area contributed by atoms with Gasteiger partial charge in [-0.25, -0.2) is 4.79 Å². The molecular weight excluding hydrogens is 316 g/mol. The van der Waals surface area contributed by atoms with Gasteiger partial charge in [-0.15, -0.1) is 0 Å². The lowest BCUT2D eigenvalue weighted by molar-refractivity contribution is -0.123. The van der Waals surface area contributed by atoms with Gasteiger partial charge in [-0.2, -0.15) is 0 Å². The van der Waals surface area contributed by atoms with Gasteiger partial charge in [0.15, 0.2) is 0 Å². The van der Waals surface area contributed by atoms with Gasteiger partial charge in [-0.05, 0) is 24.0 Å². The fourth-order valence-corrected chi connectivity index (χ4v) is 2.50. The quantitative estimate of drug-likeness (QED) is 0.816. The largest absolute Gasteiger partial charge is 0.445 e. The predicted octanol–water partition coefficient (Wildman–Crippen LogP) is 2.80. The Bertz CT molecular complexity index is 699. The smallest absolute Gasteiger partial charge is 0.408 e. The van der Waals surface area contributed by atoms with E-state index < -0.39 is 12.1 Å². The van der Waals surface area contributed by atoms with E-state index in [0.29, 0.717) is 6.42 Å². The zero-order valence-electron chi connectivity index (χ0n) is 14.0. The van der Waals surface area contributed by atoms with Crippen molar-refractivity contribution in [3.05, 3.63) is 71.8 Å². The summed E-state index contributed by atoms with van der Waals surface area (Å²) in [5, 5.41) is 5.64. The van der Waals surface area contributed by atoms with Crippen molar-refractivity contribution in [3.63, 3.8) is 0 Å². The van der Waals surface area contributed by atoms with Crippen molar-refractivity contribution in [2.45, 2.75) is 38.0 Å². The van der Waals surface area contributed by atoms with Gasteiger partial charge < -0.3 is 15.4 Å². The second-order valence-corrected chi connectivity index (χ2v) is 6.23. The van der Waals surface area contributed by atoms with Crippen LogP contribution in [-0.4, -0.2) is 24.1 Å². The molecule has 0 bridgehead atoms. The number of carbonyl (C=O) groups excluding carboxylic acids is 2. The molecule has 3 rings (SSSR count). The molecule has 1 atom stereocenters. The molecule has 2 aromatic carbocycles. The molecule has 0 aromatic heterocycles. The van der Waals surface area contributed by atoms with Gasteiger partial charge in [0.05, 0.1) is 0 Å². The van der Waals surface area contributed by atoms with Crippen molar-refractivity contribution in [1.29, 1.82) is 0 Å². The molecule has 1 unspecified atom stereocenters. The maximum Gasteiger partial charge on any atom is 0.408 e. The average molecular weight is 338 g/mol. The van der Waals surface area contributed by atoms with Crippen LogP contribution >= 0.6 is 0 Å². The molecule has 1 aliphatic carbocycles. The van der Waals surface area contributed by atoms with E-state index >= 15 is 0 Å². The lowest BCUT2D eigenvalue weighted by atomic mass is 10.1. The lowest BCUT2D eigenvalue weighted by Gasteiger charge is -2.18. The SMILES string of the molecule is O=C(NC(Cc1ccccc1)C(=O)NC1CC1)OCc1ccccc1. The number of benzene rings is 2. The average Bonchev–Trinajstić information content (AvgIpc) is 3.45. The fraction of sp³-hybridized carbons (Fsp3) is 0.300. The van der Waals surface area contributed by atoms with Crippen LogP contribution < -0.4 is 10.6 Å². The number of hydrogen-bond donors (Lipinski definition) is 2. The summed E-state index contributed by atoms with van der Waals surface area (Å²) in [5.74, 6) is -0.164. The summed E-state index contributed by atoms with van der Waals surface area (Å²) in [6.07, 6.45) is 1.85. The molecule has 0 radical (unpaired) electrons. The van der Waals surface area contributed by atoms with Crippen LogP contribution in [0.2, 0.25) is 0 Å². The number of hydrogen-bond acceptors (Lipinski definition) is 3. The van der Waals surface area contributed by atoms with Crippen LogP contribution in [0.4, 0.5) is 4.79 Å². The van der Waals surface area contributed by atoms with Crippen molar-refractivity contribution >= 4 is 12.0 Å². The minimum atomic E-state index is -0.647. The van der Waals surface area contributed by atoms with E-state index in [1.165, 1.54) is 0 Å². The van der Waals surface area contributed by atoms with Crippen molar-refractivity contribution in [2.24, 2.45) is 0 Å². The molecule has 5 nitrogen and oxygen atoms in total. The number of alkyl carbamates (subject to hydrolysis) is 1. The monoisotopic (exact) mass is 338 g/mol. The van der Waals surface area contributed by atoms with E-state index in [1.54, 1.807) is 0 Å². The molecule has 1 fully saturated rings. The van der Waals surface area contributed by atoms with Gasteiger partial charge in [0.25, 0.3) is 0 Å². The Morgan fingerprint density at radius 2 is 1.56 bits per heavy atom. The van der Waals surface area contributed by atoms with Crippen LogP contribution in [0, 0.1) is 0 Å². The van der Waals surface area contributed by atoms with Gasteiger partial charge in [-0.3, -0.25) is 4.79 Å². The van der Waals surface area contributed by atoms with Crippen molar-refractivity contribution < 1.29 is 14.3 Å². The molecular formula is C20H22N2O3. The summed E-state index contributed by atoms with van der Waals surface area (Å²) >= 11 is 0. The highest BCUT2D eigenvalue weighted by Crippen LogP contribution is 2.19. The highest BCUT2D eigenvalue weighted by molar-refractivity contribution is 5.86. The standard InChI is InChI=1S/C20H22N2O3/c23-19(21-17-11-12-17)18(13-15-7-3-1-4-8-15)22-20(24)25-14-16-9-5-2-6-10-16/h1-10,17-18H,11-14H2,(H,21,23)(H,22,24). The fourth-order valence-electron chi connectivity index (χ4n) is 2.50. The van der Waals surface area contributed by atoms with Crippen LogP contribution in [0.5, 0.6) is 0 Å². The van der Waals surface area contributed by atoms with Crippen LogP contribution in [-0.2, 0) is 22.6 Å². The Kier molecular flexibility index (Phi) is 5.67. The summed E-state index contributed by atoms with van der Waals surface area (Å²) < 4.78 is 5.24. The third-order valence-corrected chi connectivity index (χ3v) is 4.03. The zero-order chi connectivity index (χ0) is 17.5. The minimum absolute atomic E-state index is 0.164. The Morgan fingerprint density at radius 1 is 0.960 bits per heavy atom. The summed E-state index contributed by atoms with van der Waals surface area (Å²) in [7, 11) is 0. The maximum absolute atomic E-state index is 12.4. The molecule has 1 saturated carbocycles.